The van der Waals surface area contributed by atoms with Crippen LogP contribution >= 0.6 is 23.1 Å². The number of nitrogens with one attached hydrogen (secondary N) is 1. The molecule has 0 saturated carbocycles. The van der Waals surface area contributed by atoms with E-state index in [1.54, 1.807) is 54.1 Å². The Morgan fingerprint density at radius 1 is 1.20 bits per heavy atom. The largest absolute Gasteiger partial charge is 0.325 e. The molecule has 0 saturated heterocycles. The normalized spacial score (nSPS) is 14.4. The fraction of sp³-hybridized carbons (Fsp3) is 0.364. The van der Waals surface area contributed by atoms with Crippen molar-refractivity contribution in [3.8, 4) is 0 Å². The van der Waals surface area contributed by atoms with Crippen molar-refractivity contribution in [3.05, 3.63) is 50.6 Å². The van der Waals surface area contributed by atoms with Crippen LogP contribution in [-0.4, -0.2) is 26.5 Å². The second-order valence-electron chi connectivity index (χ2n) is 7.53. The summed E-state index contributed by atoms with van der Waals surface area (Å²) in [6, 6.07) is 6.80. The quantitative estimate of drug-likeness (QED) is 0.365. The zero-order chi connectivity index (χ0) is 21.4. The number of Topliss-reactive ketones (excluding diaryl/α,β-unsaturated/α-hetero) is 1. The molecule has 8 heteroatoms. The number of fused-ring (bicyclic) bond motifs is 3. The van der Waals surface area contributed by atoms with Gasteiger partial charge in [-0.25, -0.2) is 4.98 Å². The predicted molar refractivity (Wildman–Crippen MR) is 122 cm³/mol. The number of carbonyl (C=O) groups is 2. The molecule has 0 fully saturated rings. The highest BCUT2D eigenvalue weighted by atomic mass is 32.2. The molecule has 0 radical (unpaired) electrons. The Morgan fingerprint density at radius 2 is 1.90 bits per heavy atom. The van der Waals surface area contributed by atoms with Crippen LogP contribution in [0.5, 0.6) is 0 Å². The molecule has 0 bridgehead atoms. The summed E-state index contributed by atoms with van der Waals surface area (Å²) in [4.78, 5) is 43.8. The number of aromatic nitrogens is 2. The van der Waals surface area contributed by atoms with Crippen LogP contribution in [0.15, 0.2) is 34.2 Å². The van der Waals surface area contributed by atoms with Crippen molar-refractivity contribution in [1.29, 1.82) is 0 Å². The van der Waals surface area contributed by atoms with E-state index in [9.17, 15) is 14.4 Å². The van der Waals surface area contributed by atoms with Gasteiger partial charge < -0.3 is 5.32 Å². The number of rotatable bonds is 5. The third kappa shape index (κ3) is 3.94. The van der Waals surface area contributed by atoms with Crippen LogP contribution in [0.1, 0.15) is 47.5 Å². The van der Waals surface area contributed by atoms with Crippen LogP contribution in [-0.2, 0) is 24.7 Å². The van der Waals surface area contributed by atoms with E-state index >= 15 is 0 Å². The van der Waals surface area contributed by atoms with Gasteiger partial charge in [-0.2, -0.15) is 0 Å². The number of benzene rings is 1. The lowest BCUT2D eigenvalue weighted by molar-refractivity contribution is -0.115. The molecule has 1 unspecified atom stereocenters. The fourth-order valence-corrected chi connectivity index (χ4v) is 5.79. The second-order valence-corrected chi connectivity index (χ2v) is 9.92. The number of carbonyl (C=O) groups excluding carboxylic acids is 2. The monoisotopic (exact) mass is 441 g/mol. The number of anilines is 1. The first-order valence-electron chi connectivity index (χ1n) is 9.95. The number of thioether (sulfide) groups is 1. The van der Waals surface area contributed by atoms with Crippen LogP contribution < -0.4 is 10.9 Å². The maximum atomic E-state index is 13.0. The topological polar surface area (TPSA) is 81.1 Å². The minimum Gasteiger partial charge on any atom is -0.325 e. The number of thiophene rings is 1. The summed E-state index contributed by atoms with van der Waals surface area (Å²) >= 11 is 2.89. The van der Waals surface area contributed by atoms with Crippen LogP contribution in [0.3, 0.4) is 0 Å². The molecule has 1 N–H and O–H groups in total. The van der Waals surface area contributed by atoms with Gasteiger partial charge in [-0.15, -0.1) is 11.3 Å². The van der Waals surface area contributed by atoms with Gasteiger partial charge in [-0.3, -0.25) is 19.0 Å². The first kappa shape index (κ1) is 20.8. The maximum absolute atomic E-state index is 13.0. The van der Waals surface area contributed by atoms with Gasteiger partial charge in [-0.1, -0.05) is 11.8 Å². The Kier molecular flexibility index (Phi) is 5.79. The Hall–Kier alpha value is -2.45. The third-order valence-electron chi connectivity index (χ3n) is 5.37. The van der Waals surface area contributed by atoms with E-state index < -0.39 is 5.25 Å². The van der Waals surface area contributed by atoms with Crippen molar-refractivity contribution < 1.29 is 9.59 Å². The molecule has 0 spiro atoms. The Bertz CT molecular complexity index is 1200. The molecule has 3 aromatic rings. The van der Waals surface area contributed by atoms with Gasteiger partial charge in [0.25, 0.3) is 5.56 Å². The lowest BCUT2D eigenvalue weighted by atomic mass is 9.97. The second kappa shape index (κ2) is 8.35. The van der Waals surface area contributed by atoms with Crippen LogP contribution in [0, 0.1) is 0 Å². The lowest BCUT2D eigenvalue weighted by Gasteiger charge is -2.14. The minimum atomic E-state index is -0.442. The average Bonchev–Trinajstić information content (AvgIpc) is 3.10. The predicted octanol–water partition coefficient (Wildman–Crippen LogP) is 4.20. The summed E-state index contributed by atoms with van der Waals surface area (Å²) in [5.41, 5.74) is 2.36. The molecular weight excluding hydrogens is 418 g/mol. The summed E-state index contributed by atoms with van der Waals surface area (Å²) in [7, 11) is 1.72. The summed E-state index contributed by atoms with van der Waals surface area (Å²) in [5.74, 6) is -0.204. The summed E-state index contributed by atoms with van der Waals surface area (Å²) in [6.45, 7) is 3.30. The minimum absolute atomic E-state index is 0.0190. The third-order valence-corrected chi connectivity index (χ3v) is 7.69. The van der Waals surface area contributed by atoms with Crippen molar-refractivity contribution in [3.63, 3.8) is 0 Å². The number of amides is 1. The molecule has 2 heterocycles. The molecule has 6 nitrogen and oxygen atoms in total. The van der Waals surface area contributed by atoms with Gasteiger partial charge in [0, 0.05) is 23.2 Å². The smallest absolute Gasteiger partial charge is 0.262 e. The van der Waals surface area contributed by atoms with E-state index in [2.05, 4.69) is 5.32 Å². The summed E-state index contributed by atoms with van der Waals surface area (Å²) < 4.78 is 1.56. The van der Waals surface area contributed by atoms with Crippen molar-refractivity contribution in [1.82, 2.24) is 9.55 Å². The Morgan fingerprint density at radius 3 is 2.60 bits per heavy atom. The molecule has 156 valence electrons. The summed E-state index contributed by atoms with van der Waals surface area (Å²) in [5, 5.41) is 3.71. The summed E-state index contributed by atoms with van der Waals surface area (Å²) in [6.07, 6.45) is 4.23. The van der Waals surface area contributed by atoms with Gasteiger partial charge in [0.2, 0.25) is 5.91 Å². The van der Waals surface area contributed by atoms with Crippen molar-refractivity contribution in [2.45, 2.75) is 49.9 Å². The number of hydrogen-bond donors (Lipinski definition) is 1. The number of hydrogen-bond acceptors (Lipinski definition) is 6. The van der Waals surface area contributed by atoms with Gasteiger partial charge in [-0.05, 0) is 69.4 Å². The van der Waals surface area contributed by atoms with Crippen LogP contribution in [0.2, 0.25) is 0 Å². The first-order valence-corrected chi connectivity index (χ1v) is 11.6. The number of aryl methyl sites for hydroxylation is 2. The van der Waals surface area contributed by atoms with Crippen molar-refractivity contribution in [2.24, 2.45) is 7.05 Å². The van der Waals surface area contributed by atoms with Gasteiger partial charge in [0.1, 0.15) is 4.83 Å². The molecule has 1 aromatic carbocycles. The van der Waals surface area contributed by atoms with E-state index in [-0.39, 0.29) is 17.2 Å². The lowest BCUT2D eigenvalue weighted by Crippen LogP contribution is -2.25. The van der Waals surface area contributed by atoms with E-state index in [0.29, 0.717) is 16.4 Å². The van der Waals surface area contributed by atoms with Crippen molar-refractivity contribution in [2.75, 3.05) is 5.32 Å². The van der Waals surface area contributed by atoms with E-state index in [0.717, 1.165) is 35.9 Å². The molecule has 1 amide bonds. The highest BCUT2D eigenvalue weighted by Gasteiger charge is 2.23. The van der Waals surface area contributed by atoms with Crippen LogP contribution in [0.25, 0.3) is 10.2 Å². The maximum Gasteiger partial charge on any atom is 0.262 e. The average molecular weight is 442 g/mol. The SMILES string of the molecule is CC(=O)c1ccc(NC(=O)C(C)Sc2nc3sc4c(c3c(=O)n2C)CCCC4)cc1. The van der Waals surface area contributed by atoms with Crippen LogP contribution in [0.4, 0.5) is 5.69 Å². The Balaban J connectivity index is 1.54. The standard InChI is InChI=1S/C22H23N3O3S2/c1-12(26)14-8-10-15(11-9-14)23-19(27)13(2)29-22-24-20-18(21(28)25(22)3)16-6-4-5-7-17(16)30-20/h8-11,13H,4-7H2,1-3H3,(H,23,27). The molecule has 1 atom stereocenters. The zero-order valence-electron chi connectivity index (χ0n) is 17.2. The fourth-order valence-electron chi connectivity index (χ4n) is 3.62. The molecule has 2 aromatic heterocycles. The highest BCUT2D eigenvalue weighted by molar-refractivity contribution is 8.00. The zero-order valence-corrected chi connectivity index (χ0v) is 18.8. The number of ketones is 1. The van der Waals surface area contributed by atoms with E-state index in [4.69, 9.17) is 4.98 Å². The Labute approximate surface area is 182 Å². The molecule has 0 aliphatic heterocycles. The number of nitrogens with zero attached hydrogens (tertiary/aromatic N) is 2. The molecular formula is C22H23N3O3S2. The molecule has 1 aliphatic rings. The van der Waals surface area contributed by atoms with Gasteiger partial charge >= 0.3 is 0 Å². The van der Waals surface area contributed by atoms with Gasteiger partial charge in [0.05, 0.1) is 10.6 Å². The van der Waals surface area contributed by atoms with Gasteiger partial charge in [0.15, 0.2) is 10.9 Å². The molecule has 30 heavy (non-hydrogen) atoms. The van der Waals surface area contributed by atoms with E-state index in [1.165, 1.54) is 29.1 Å². The van der Waals surface area contributed by atoms with E-state index in [1.807, 2.05) is 0 Å². The molecule has 1 aliphatic carbocycles. The molecule has 4 rings (SSSR count). The van der Waals surface area contributed by atoms with Crippen molar-refractivity contribution >= 4 is 50.7 Å². The highest BCUT2D eigenvalue weighted by Crippen LogP contribution is 2.35. The first-order chi connectivity index (χ1) is 14.3.